The second-order valence-electron chi connectivity index (χ2n) is 35.9. The van der Waals surface area contributed by atoms with Gasteiger partial charge in [-0.05, 0) is 198 Å². The highest BCUT2D eigenvalue weighted by atomic mass is 16.5. The van der Waals surface area contributed by atoms with Crippen LogP contribution in [0.25, 0.3) is 43.6 Å². The maximum Gasteiger partial charge on any atom is 0.237 e. The van der Waals surface area contributed by atoms with E-state index in [1.807, 2.05) is 198 Å². The summed E-state index contributed by atoms with van der Waals surface area (Å²) in [6.45, 7) is 11.0. The minimum absolute atomic E-state index is 0.165. The van der Waals surface area contributed by atoms with E-state index in [0.717, 1.165) is 65.9 Å². The molecule has 136 heavy (non-hydrogen) atoms. The third-order valence-electron chi connectivity index (χ3n) is 24.8. The van der Waals surface area contributed by atoms with E-state index >= 15 is 0 Å². The zero-order valence-electron chi connectivity index (χ0n) is 79.1. The summed E-state index contributed by atoms with van der Waals surface area (Å²) >= 11 is 0. The molecule has 28 heteroatoms. The number of unbranched alkanes of at least 4 members (excludes halogenated alkanes) is 8. The standard InChI is InChI=1S/C108H136N16O12/c1-5-45-133-101-69-49-71-55-82(122-98(126)38-14-10-26-42-114-106(130)90(110)62-78-66-118-94-34-22-18-30-86(78)94)57-73(102(71)134-46-6-2)51-75-59-84(124-100(128)40-16-12-28-44-116-108(132)92(112)64-80-68-120-96-36-24-20-32-88(80)96)60-76(104(75)136-48-8-4)52-74-58-83(123-99(127)39-15-11-27-43-115-107(131)91(111)63-79-67-119-95-35-23-19-31-87(79)95)56-72(103(74)135-47-7-3)50-70(101)54-81(53-69)121-97(125)37-13-9-25-41-113-105(129)89(109)61-77-65-117-93-33-21-17-29-85(77)93/h17-24,29-36,53-60,65-68,89-92,117-120H,5-16,25-28,37-52,61-64,109-112H2,1-4H3,(H,113,129)(H,114,130)(H,115,131)(H,116,132)(H,121,125)(H,122,126)(H,123,127)(H,124,128). The Morgan fingerprint density at radius 3 is 0.684 bits per heavy atom. The molecule has 8 aromatic carbocycles. The number of para-hydroxylation sites is 4. The van der Waals surface area contributed by atoms with E-state index in [0.29, 0.717) is 271 Å². The molecule has 1 aliphatic rings. The van der Waals surface area contributed by atoms with E-state index in [1.54, 1.807) is 0 Å². The van der Waals surface area contributed by atoms with Crippen LogP contribution < -0.4 is 84.4 Å². The molecule has 0 saturated heterocycles. The first-order valence-electron chi connectivity index (χ1n) is 48.9. The van der Waals surface area contributed by atoms with Gasteiger partial charge in [-0.25, -0.2) is 0 Å². The second kappa shape index (κ2) is 50.9. The van der Waals surface area contributed by atoms with Crippen molar-refractivity contribution >= 4 is 114 Å². The molecule has 28 nitrogen and oxygen atoms in total. The average Bonchev–Trinajstić information content (AvgIpc) is 0.938. The monoisotopic (exact) mass is 1850 g/mol. The fourth-order valence-electron chi connectivity index (χ4n) is 17.9. The Labute approximate surface area is 796 Å². The highest BCUT2D eigenvalue weighted by Gasteiger charge is 2.29. The van der Waals surface area contributed by atoms with Gasteiger partial charge in [-0.15, -0.1) is 0 Å². The van der Waals surface area contributed by atoms with Crippen LogP contribution in [0.15, 0.2) is 170 Å². The van der Waals surface area contributed by atoms with Crippen LogP contribution in [0.1, 0.15) is 223 Å². The average molecular weight is 1850 g/mol. The molecule has 4 heterocycles. The number of benzene rings is 8. The van der Waals surface area contributed by atoms with E-state index in [2.05, 4.69) is 62.5 Å². The number of H-pyrrole nitrogens is 4. The van der Waals surface area contributed by atoms with Gasteiger partial charge in [-0.2, -0.15) is 0 Å². The van der Waals surface area contributed by atoms with Gasteiger partial charge in [-0.3, -0.25) is 38.4 Å². The van der Waals surface area contributed by atoms with Crippen LogP contribution >= 0.6 is 0 Å². The first kappa shape index (κ1) is 100. The van der Waals surface area contributed by atoms with Crippen LogP contribution in [-0.2, 0) is 89.7 Å². The van der Waals surface area contributed by atoms with Crippen LogP contribution in [0.5, 0.6) is 23.0 Å². The van der Waals surface area contributed by atoms with Crippen LogP contribution in [0.3, 0.4) is 0 Å². The van der Waals surface area contributed by atoms with Gasteiger partial charge in [0.15, 0.2) is 0 Å². The number of hydrogen-bond donors (Lipinski definition) is 16. The number of ether oxygens (including phenoxy) is 4. The van der Waals surface area contributed by atoms with Crippen molar-refractivity contribution in [2.75, 3.05) is 73.9 Å². The maximum atomic E-state index is 14.6. The fraction of sp³-hybridized carbons (Fsp3) is 0.407. The lowest BCUT2D eigenvalue weighted by Crippen LogP contribution is -2.42. The zero-order valence-corrected chi connectivity index (χ0v) is 79.1. The number of fused-ring (bicyclic) bond motifs is 12. The Bertz CT molecular complexity index is 5250. The molecular weight excluding hydrogens is 1710 g/mol. The number of anilines is 4. The van der Waals surface area contributed by atoms with Gasteiger partial charge in [0, 0.05) is 213 Å². The lowest BCUT2D eigenvalue weighted by molar-refractivity contribution is -0.123. The van der Waals surface area contributed by atoms with E-state index < -0.39 is 24.2 Å². The van der Waals surface area contributed by atoms with Gasteiger partial charge in [0.25, 0.3) is 0 Å². The third-order valence-corrected chi connectivity index (χ3v) is 24.8. The largest absolute Gasteiger partial charge is 0.493 e. The Kier molecular flexibility index (Phi) is 37.5. The number of nitrogens with one attached hydrogen (secondary N) is 12. The molecule has 0 radical (unpaired) electrons. The zero-order chi connectivity index (χ0) is 95.7. The number of carbonyl (C=O) groups excluding carboxylic acids is 8. The van der Waals surface area contributed by atoms with Crippen LogP contribution in [0.2, 0.25) is 0 Å². The Balaban J connectivity index is 0.801. The molecule has 720 valence electrons. The molecule has 4 unspecified atom stereocenters. The van der Waals surface area contributed by atoms with Gasteiger partial charge >= 0.3 is 0 Å². The second-order valence-corrected chi connectivity index (χ2v) is 35.9. The predicted octanol–water partition coefficient (Wildman–Crippen LogP) is 16.2. The summed E-state index contributed by atoms with van der Waals surface area (Å²) in [5.74, 6) is 0.365. The molecule has 1 aliphatic carbocycles. The lowest BCUT2D eigenvalue weighted by Gasteiger charge is -2.25. The van der Waals surface area contributed by atoms with Crippen molar-refractivity contribution < 1.29 is 57.3 Å². The molecule has 20 N–H and O–H groups in total. The smallest absolute Gasteiger partial charge is 0.237 e. The third kappa shape index (κ3) is 28.4. The van der Waals surface area contributed by atoms with Crippen molar-refractivity contribution in [2.45, 2.75) is 232 Å². The highest BCUT2D eigenvalue weighted by molar-refractivity contribution is 5.95. The highest BCUT2D eigenvalue weighted by Crippen LogP contribution is 2.44. The fourth-order valence-corrected chi connectivity index (χ4v) is 17.9. The number of aromatic nitrogens is 4. The van der Waals surface area contributed by atoms with E-state index in [9.17, 15) is 38.4 Å². The van der Waals surface area contributed by atoms with Crippen molar-refractivity contribution in [1.82, 2.24) is 41.2 Å². The minimum Gasteiger partial charge on any atom is -0.493 e. The number of hydrogen-bond acceptors (Lipinski definition) is 16. The van der Waals surface area contributed by atoms with Gasteiger partial charge in [0.05, 0.1) is 50.6 Å². The molecule has 12 aromatic rings. The SMILES string of the molecule is CCCOc1c2cc(NC(=O)CCCCCNC(=O)C(N)Cc3c[nH]c4ccccc34)cc1Cc1cc(NC(=O)CCCCCNC(=O)C(N)Cc3c[nH]c4ccccc34)cc(c1OCCC)Cc1cc(NC(=O)CCCCCNC(=O)C(N)Cc3c[nH]c4ccccc34)cc(c1OCCC)Cc1cc(NC(=O)CCCCCNC(=O)C(N)Cc3c[nH]c4ccccc34)cc(c1OCCC)C2. The summed E-state index contributed by atoms with van der Waals surface area (Å²) in [5.41, 5.74) is 41.2. The van der Waals surface area contributed by atoms with Crippen molar-refractivity contribution in [3.8, 4) is 23.0 Å². The molecule has 4 aromatic heterocycles. The molecule has 4 atom stereocenters. The van der Waals surface area contributed by atoms with E-state index in [1.165, 1.54) is 0 Å². The number of nitrogens with two attached hydrogens (primary N) is 4. The molecule has 0 spiro atoms. The minimum atomic E-state index is -0.750. The van der Waals surface area contributed by atoms with Crippen LogP contribution in [0.4, 0.5) is 22.7 Å². The van der Waals surface area contributed by atoms with Crippen LogP contribution in [0, 0.1) is 0 Å². The van der Waals surface area contributed by atoms with Gasteiger partial charge in [0.2, 0.25) is 47.3 Å². The number of amides is 8. The van der Waals surface area contributed by atoms with E-state index in [-0.39, 0.29) is 98.6 Å². The van der Waals surface area contributed by atoms with Gasteiger partial charge < -0.3 is 104 Å². The van der Waals surface area contributed by atoms with Crippen molar-refractivity contribution in [1.29, 1.82) is 0 Å². The maximum absolute atomic E-state index is 14.6. The topological polar surface area (TPSA) is 437 Å². The molecular formula is C108H136N16O12. The van der Waals surface area contributed by atoms with E-state index in [4.69, 9.17) is 41.9 Å². The van der Waals surface area contributed by atoms with Crippen molar-refractivity contribution in [2.24, 2.45) is 22.9 Å². The van der Waals surface area contributed by atoms with Crippen molar-refractivity contribution in [3.05, 3.63) is 237 Å². The number of rotatable bonds is 52. The Morgan fingerprint density at radius 1 is 0.287 bits per heavy atom. The quantitative estimate of drug-likeness (QED) is 0.0157. The molecule has 8 amide bonds. The summed E-state index contributed by atoms with van der Waals surface area (Å²) in [6.07, 6.45) is 20.2. The summed E-state index contributed by atoms with van der Waals surface area (Å²) in [5, 5.41) is 29.3. The van der Waals surface area contributed by atoms with Gasteiger partial charge in [0.1, 0.15) is 23.0 Å². The predicted molar refractivity (Wildman–Crippen MR) is 540 cm³/mol. The summed E-state index contributed by atoms with van der Waals surface area (Å²) in [6, 6.07) is 44.2. The summed E-state index contributed by atoms with van der Waals surface area (Å²) in [7, 11) is 0. The Hall–Kier alpha value is -13.3. The molecule has 13 rings (SSSR count). The molecule has 0 saturated carbocycles. The first-order chi connectivity index (χ1) is 66.2. The summed E-state index contributed by atoms with van der Waals surface area (Å²) < 4.78 is 28.2. The normalized spacial score (nSPS) is 12.8. The molecule has 8 bridgehead atoms. The van der Waals surface area contributed by atoms with Crippen LogP contribution in [-0.4, -0.2) is 144 Å². The van der Waals surface area contributed by atoms with Crippen molar-refractivity contribution in [3.63, 3.8) is 0 Å². The number of aromatic amines is 4. The summed E-state index contributed by atoms with van der Waals surface area (Å²) in [4.78, 5) is 125. The molecule has 0 fully saturated rings. The molecule has 0 aliphatic heterocycles. The first-order valence-corrected chi connectivity index (χ1v) is 48.9. The Morgan fingerprint density at radius 2 is 0.485 bits per heavy atom. The lowest BCUT2D eigenvalue weighted by atomic mass is 9.90. The number of carbonyl (C=O) groups is 8. The van der Waals surface area contributed by atoms with Gasteiger partial charge in [-0.1, -0.05) is 126 Å².